The lowest BCUT2D eigenvalue weighted by molar-refractivity contribution is -0.113. The third-order valence-corrected chi connectivity index (χ3v) is 4.05. The Labute approximate surface area is 139 Å². The van der Waals surface area contributed by atoms with Crippen LogP contribution in [0.3, 0.4) is 0 Å². The number of fused-ring (bicyclic) bond motifs is 1. The van der Waals surface area contributed by atoms with Crippen LogP contribution in [0, 0.1) is 0 Å². The fourth-order valence-corrected chi connectivity index (χ4v) is 2.97. The fourth-order valence-electron chi connectivity index (χ4n) is 1.78. The molecule has 1 aromatic carbocycles. The molecule has 3 rings (SSSR count). The summed E-state index contributed by atoms with van der Waals surface area (Å²) in [6, 6.07) is 6.95. The number of rotatable bonds is 4. The van der Waals surface area contributed by atoms with Crippen molar-refractivity contribution in [1.82, 2.24) is 19.9 Å². The molecule has 0 unspecified atom stereocenters. The largest absolute Gasteiger partial charge is 0.341 e. The van der Waals surface area contributed by atoms with Gasteiger partial charge in [-0.05, 0) is 29.8 Å². The van der Waals surface area contributed by atoms with E-state index in [0.717, 1.165) is 0 Å². The van der Waals surface area contributed by atoms with Crippen LogP contribution in [0.1, 0.15) is 0 Å². The van der Waals surface area contributed by atoms with E-state index in [9.17, 15) is 4.79 Å². The molecule has 0 aliphatic heterocycles. The topological polar surface area (TPSA) is 83.6 Å². The normalized spacial score (nSPS) is 10.8. The second-order valence-electron chi connectivity index (χ2n) is 4.25. The molecule has 2 aromatic heterocycles. The maximum absolute atomic E-state index is 12.0. The number of anilines is 1. The maximum atomic E-state index is 12.0. The van der Waals surface area contributed by atoms with Gasteiger partial charge in [0.25, 0.3) is 0 Å². The van der Waals surface area contributed by atoms with Gasteiger partial charge in [-0.3, -0.25) is 4.79 Å². The van der Waals surface area contributed by atoms with E-state index >= 15 is 0 Å². The molecule has 2 heterocycles. The molecule has 2 N–H and O–H groups in total. The number of carbonyl (C=O) groups excluding carboxylic acids is 1. The van der Waals surface area contributed by atoms with Gasteiger partial charge in [0.1, 0.15) is 10.5 Å². The number of nitrogens with one attached hydrogen (secondary N) is 2. The molecule has 0 saturated carbocycles. The Morgan fingerprint density at radius 3 is 3.00 bits per heavy atom. The zero-order valence-electron chi connectivity index (χ0n) is 11.0. The molecule has 0 fully saturated rings. The van der Waals surface area contributed by atoms with Crippen LogP contribution in [0.25, 0.3) is 11.2 Å². The number of nitrogens with zero attached hydrogens (tertiary/aromatic N) is 3. The number of H-pyrrole nitrogens is 1. The number of benzene rings is 1. The first-order valence-corrected chi connectivity index (χ1v) is 7.91. The maximum Gasteiger partial charge on any atom is 0.234 e. The van der Waals surface area contributed by atoms with Gasteiger partial charge in [-0.1, -0.05) is 29.4 Å². The average molecular weight is 354 g/mol. The lowest BCUT2D eigenvalue weighted by atomic mass is 10.3. The summed E-state index contributed by atoms with van der Waals surface area (Å²) in [6.45, 7) is 0. The SMILES string of the molecule is O=C(CSc1nc(Cl)nc2nc[nH]c12)Nc1cccc(Cl)c1. The van der Waals surface area contributed by atoms with Gasteiger partial charge in [-0.25, -0.2) is 9.97 Å². The zero-order chi connectivity index (χ0) is 15.5. The number of hydrogen-bond donors (Lipinski definition) is 2. The van der Waals surface area contributed by atoms with E-state index in [1.807, 2.05) is 0 Å². The van der Waals surface area contributed by atoms with Crippen LogP contribution in [0.15, 0.2) is 35.6 Å². The van der Waals surface area contributed by atoms with Crippen molar-refractivity contribution in [2.45, 2.75) is 5.03 Å². The van der Waals surface area contributed by atoms with Crippen molar-refractivity contribution in [3.8, 4) is 0 Å². The van der Waals surface area contributed by atoms with Gasteiger partial charge in [0.05, 0.1) is 12.1 Å². The summed E-state index contributed by atoms with van der Waals surface area (Å²) in [5.41, 5.74) is 1.77. The van der Waals surface area contributed by atoms with Crippen molar-refractivity contribution in [2.75, 3.05) is 11.1 Å². The van der Waals surface area contributed by atoms with Gasteiger partial charge in [0.2, 0.25) is 11.2 Å². The lowest BCUT2D eigenvalue weighted by Gasteiger charge is -2.05. The number of thioether (sulfide) groups is 1. The van der Waals surface area contributed by atoms with Gasteiger partial charge >= 0.3 is 0 Å². The Balaban J connectivity index is 1.68. The summed E-state index contributed by atoms with van der Waals surface area (Å²) in [7, 11) is 0. The highest BCUT2D eigenvalue weighted by molar-refractivity contribution is 8.00. The Hall–Kier alpha value is -1.83. The van der Waals surface area contributed by atoms with Crippen molar-refractivity contribution in [3.05, 3.63) is 40.9 Å². The van der Waals surface area contributed by atoms with E-state index in [-0.39, 0.29) is 16.9 Å². The molecule has 22 heavy (non-hydrogen) atoms. The first-order valence-electron chi connectivity index (χ1n) is 6.16. The van der Waals surface area contributed by atoms with E-state index in [1.54, 1.807) is 24.3 Å². The van der Waals surface area contributed by atoms with E-state index in [1.165, 1.54) is 18.1 Å². The molecule has 3 aromatic rings. The summed E-state index contributed by atoms with van der Waals surface area (Å²) in [5.74, 6) is 0.00297. The van der Waals surface area contributed by atoms with Crippen molar-refractivity contribution in [2.24, 2.45) is 0 Å². The van der Waals surface area contributed by atoms with Crippen LogP contribution in [0.4, 0.5) is 5.69 Å². The molecule has 0 bridgehead atoms. The molecule has 1 amide bonds. The molecule has 6 nitrogen and oxygen atoms in total. The first kappa shape index (κ1) is 15.1. The third kappa shape index (κ3) is 3.49. The highest BCUT2D eigenvalue weighted by Gasteiger charge is 2.12. The molecule has 0 aliphatic rings. The standard InChI is InChI=1S/C13H9Cl2N5OS/c14-7-2-1-3-8(4-7)18-9(21)5-22-12-10-11(17-6-16-10)19-13(15)20-12/h1-4,6H,5H2,(H,18,21)(H,16,17,19,20). The molecule has 112 valence electrons. The quantitative estimate of drug-likeness (QED) is 0.426. The lowest BCUT2D eigenvalue weighted by Crippen LogP contribution is -2.14. The smallest absolute Gasteiger partial charge is 0.234 e. The van der Waals surface area contributed by atoms with Crippen LogP contribution in [0.2, 0.25) is 10.3 Å². The number of imidazole rings is 1. The van der Waals surface area contributed by atoms with Crippen LogP contribution >= 0.6 is 35.0 Å². The predicted octanol–water partition coefficient (Wildman–Crippen LogP) is 3.39. The Bertz CT molecular complexity index is 838. The third-order valence-electron chi connectivity index (χ3n) is 2.67. The summed E-state index contributed by atoms with van der Waals surface area (Å²) in [4.78, 5) is 27.0. The number of hydrogen-bond acceptors (Lipinski definition) is 5. The van der Waals surface area contributed by atoms with E-state index in [4.69, 9.17) is 23.2 Å². The minimum Gasteiger partial charge on any atom is -0.341 e. The number of aromatic nitrogens is 4. The molecular weight excluding hydrogens is 345 g/mol. The van der Waals surface area contributed by atoms with Gasteiger partial charge in [-0.15, -0.1) is 0 Å². The highest BCUT2D eigenvalue weighted by Crippen LogP contribution is 2.24. The molecule has 9 heteroatoms. The number of halogens is 2. The van der Waals surface area contributed by atoms with Crippen molar-refractivity contribution in [1.29, 1.82) is 0 Å². The summed E-state index contributed by atoms with van der Waals surface area (Å²) < 4.78 is 0. The van der Waals surface area contributed by atoms with Gasteiger partial charge < -0.3 is 10.3 Å². The van der Waals surface area contributed by atoms with Gasteiger partial charge in [-0.2, -0.15) is 4.98 Å². The Morgan fingerprint density at radius 2 is 2.18 bits per heavy atom. The van der Waals surface area contributed by atoms with Crippen LogP contribution in [-0.4, -0.2) is 31.6 Å². The highest BCUT2D eigenvalue weighted by atomic mass is 35.5. The average Bonchev–Trinajstić information content (AvgIpc) is 2.93. The summed E-state index contributed by atoms with van der Waals surface area (Å²) in [6.07, 6.45) is 1.51. The monoisotopic (exact) mass is 353 g/mol. The minimum absolute atomic E-state index is 0.0948. The number of carbonyl (C=O) groups is 1. The van der Waals surface area contributed by atoms with Crippen LogP contribution in [-0.2, 0) is 4.79 Å². The van der Waals surface area contributed by atoms with E-state index < -0.39 is 0 Å². The second kappa shape index (κ2) is 6.51. The molecule has 0 saturated heterocycles. The Morgan fingerprint density at radius 1 is 1.32 bits per heavy atom. The second-order valence-corrected chi connectivity index (χ2v) is 5.98. The van der Waals surface area contributed by atoms with Crippen LogP contribution < -0.4 is 5.32 Å². The van der Waals surface area contributed by atoms with Crippen molar-refractivity contribution >= 4 is 57.7 Å². The van der Waals surface area contributed by atoms with Gasteiger partial charge in [0.15, 0.2) is 5.65 Å². The number of amides is 1. The van der Waals surface area contributed by atoms with Crippen molar-refractivity contribution < 1.29 is 4.79 Å². The van der Waals surface area contributed by atoms with Gasteiger partial charge in [0, 0.05) is 10.7 Å². The molecule has 0 atom stereocenters. The molecule has 0 aliphatic carbocycles. The summed E-state index contributed by atoms with van der Waals surface area (Å²) >= 11 is 13.0. The van der Waals surface area contributed by atoms with E-state index in [0.29, 0.717) is 26.9 Å². The van der Waals surface area contributed by atoms with E-state index in [2.05, 4.69) is 25.3 Å². The Kier molecular flexibility index (Phi) is 4.47. The molecule has 0 spiro atoms. The predicted molar refractivity (Wildman–Crippen MR) is 87.5 cm³/mol. The zero-order valence-corrected chi connectivity index (χ0v) is 13.3. The molecular formula is C13H9Cl2N5OS. The number of aromatic amines is 1. The minimum atomic E-state index is -0.172. The summed E-state index contributed by atoms with van der Waals surface area (Å²) in [5, 5.41) is 4.00. The fraction of sp³-hybridized carbons (Fsp3) is 0.0769. The first-order chi connectivity index (χ1) is 10.6. The molecule has 0 radical (unpaired) electrons. The van der Waals surface area contributed by atoms with Crippen molar-refractivity contribution in [3.63, 3.8) is 0 Å². The van der Waals surface area contributed by atoms with Crippen LogP contribution in [0.5, 0.6) is 0 Å².